The van der Waals surface area contributed by atoms with Crippen LogP contribution in [0.3, 0.4) is 0 Å². The summed E-state index contributed by atoms with van der Waals surface area (Å²) in [6.07, 6.45) is 10.5. The second kappa shape index (κ2) is 7.30. The Balaban J connectivity index is 1.18. The van der Waals surface area contributed by atoms with Gasteiger partial charge in [0.05, 0.1) is 5.41 Å². The van der Waals surface area contributed by atoms with Crippen LogP contribution in [-0.2, 0) is 17.6 Å². The van der Waals surface area contributed by atoms with Gasteiger partial charge in [-0.05, 0) is 86.5 Å². The van der Waals surface area contributed by atoms with Gasteiger partial charge in [0.2, 0.25) is 5.91 Å². The lowest BCUT2D eigenvalue weighted by Crippen LogP contribution is -2.47. The van der Waals surface area contributed by atoms with E-state index in [2.05, 4.69) is 28.5 Å². The molecule has 0 spiro atoms. The van der Waals surface area contributed by atoms with Crippen molar-refractivity contribution < 1.29 is 9.59 Å². The predicted octanol–water partition coefficient (Wildman–Crippen LogP) is 3.84. The highest BCUT2D eigenvalue weighted by atomic mass is 16.2. The number of likely N-dealkylation sites (tertiary alicyclic amines) is 2. The molecular weight excluding hydrogens is 360 g/mol. The summed E-state index contributed by atoms with van der Waals surface area (Å²) in [6.45, 7) is 7.38. The van der Waals surface area contributed by atoms with Gasteiger partial charge in [0.25, 0.3) is 5.91 Å². The van der Waals surface area contributed by atoms with Gasteiger partial charge in [0, 0.05) is 31.7 Å². The fourth-order valence-electron chi connectivity index (χ4n) is 5.62. The van der Waals surface area contributed by atoms with E-state index in [0.29, 0.717) is 17.7 Å². The van der Waals surface area contributed by atoms with Crippen LogP contribution < -0.4 is 0 Å². The van der Waals surface area contributed by atoms with Crippen LogP contribution in [-0.4, -0.2) is 47.8 Å². The van der Waals surface area contributed by atoms with Gasteiger partial charge >= 0.3 is 0 Å². The Bertz CT molecular complexity index is 833. The molecule has 0 aromatic heterocycles. The normalized spacial score (nSPS) is 25.7. The molecule has 1 saturated carbocycles. The molecule has 2 saturated heterocycles. The average Bonchev–Trinajstić information content (AvgIpc) is 3.55. The minimum absolute atomic E-state index is 0.207. The van der Waals surface area contributed by atoms with Crippen molar-refractivity contribution in [1.29, 1.82) is 0 Å². The summed E-state index contributed by atoms with van der Waals surface area (Å²) in [7, 11) is 0. The molecule has 1 aromatic carbocycles. The van der Waals surface area contributed by atoms with Crippen molar-refractivity contribution in [2.24, 2.45) is 17.3 Å². The zero-order chi connectivity index (χ0) is 20.0. The zero-order valence-electron chi connectivity index (χ0n) is 17.4. The van der Waals surface area contributed by atoms with Gasteiger partial charge in [-0.25, -0.2) is 0 Å². The fraction of sp³-hybridized carbons (Fsp3) is 0.600. The highest BCUT2D eigenvalue weighted by Gasteiger charge is 2.49. The largest absolute Gasteiger partial charge is 0.342 e. The van der Waals surface area contributed by atoms with E-state index < -0.39 is 0 Å². The third kappa shape index (κ3) is 3.41. The van der Waals surface area contributed by atoms with Gasteiger partial charge in [-0.2, -0.15) is 0 Å². The molecule has 2 aliphatic heterocycles. The molecule has 4 aliphatic rings. The highest BCUT2D eigenvalue weighted by molar-refractivity contribution is 5.94. The van der Waals surface area contributed by atoms with E-state index in [1.54, 1.807) is 0 Å². The van der Waals surface area contributed by atoms with Crippen LogP contribution in [0.1, 0.15) is 60.0 Å². The second-order valence-corrected chi connectivity index (χ2v) is 9.63. The van der Waals surface area contributed by atoms with Crippen LogP contribution in [0.4, 0.5) is 0 Å². The molecule has 2 amide bonds. The molecule has 1 aromatic rings. The first-order chi connectivity index (χ1) is 14.1. The maximum atomic E-state index is 13.1. The van der Waals surface area contributed by atoms with E-state index in [9.17, 15) is 9.59 Å². The predicted molar refractivity (Wildman–Crippen MR) is 114 cm³/mol. The topological polar surface area (TPSA) is 40.6 Å². The first kappa shape index (κ1) is 18.9. The SMILES string of the molecule is C=CC1(C(=O)N2CCC(C3CCCN(C(=O)c4ccc5c(c4)CC5)C3)CC2)CC1. The first-order valence-electron chi connectivity index (χ1n) is 11.4. The molecule has 2 heterocycles. The molecule has 3 fully saturated rings. The number of piperidine rings is 2. The smallest absolute Gasteiger partial charge is 0.253 e. The van der Waals surface area contributed by atoms with E-state index in [0.717, 1.165) is 76.7 Å². The highest BCUT2D eigenvalue weighted by Crippen LogP contribution is 2.48. The Hall–Kier alpha value is -2.10. The van der Waals surface area contributed by atoms with Gasteiger partial charge in [-0.1, -0.05) is 12.1 Å². The van der Waals surface area contributed by atoms with Crippen LogP contribution >= 0.6 is 0 Å². The lowest BCUT2D eigenvalue weighted by atomic mass is 9.79. The van der Waals surface area contributed by atoms with Gasteiger partial charge in [-0.15, -0.1) is 6.58 Å². The molecule has 154 valence electrons. The van der Waals surface area contributed by atoms with Crippen LogP contribution in [0.5, 0.6) is 0 Å². The monoisotopic (exact) mass is 392 g/mol. The summed E-state index contributed by atoms with van der Waals surface area (Å²) < 4.78 is 0. The van der Waals surface area contributed by atoms with Crippen molar-refractivity contribution in [3.63, 3.8) is 0 Å². The number of carbonyl (C=O) groups excluding carboxylic acids is 2. The Labute approximate surface area is 173 Å². The summed E-state index contributed by atoms with van der Waals surface area (Å²) in [5.74, 6) is 1.71. The number of rotatable bonds is 4. The molecule has 29 heavy (non-hydrogen) atoms. The van der Waals surface area contributed by atoms with Crippen molar-refractivity contribution in [3.05, 3.63) is 47.5 Å². The molecule has 1 unspecified atom stereocenters. The van der Waals surface area contributed by atoms with Crippen LogP contribution in [0.15, 0.2) is 30.9 Å². The first-order valence-corrected chi connectivity index (χ1v) is 11.4. The summed E-state index contributed by atoms with van der Waals surface area (Å²) >= 11 is 0. The Kier molecular flexibility index (Phi) is 4.76. The van der Waals surface area contributed by atoms with Crippen LogP contribution in [0.2, 0.25) is 0 Å². The van der Waals surface area contributed by atoms with Gasteiger partial charge < -0.3 is 9.80 Å². The maximum absolute atomic E-state index is 13.1. The summed E-state index contributed by atoms with van der Waals surface area (Å²) in [4.78, 5) is 30.0. The van der Waals surface area contributed by atoms with E-state index in [1.165, 1.54) is 17.5 Å². The van der Waals surface area contributed by atoms with Crippen molar-refractivity contribution in [1.82, 2.24) is 9.80 Å². The van der Waals surface area contributed by atoms with E-state index in [4.69, 9.17) is 0 Å². The van der Waals surface area contributed by atoms with Gasteiger partial charge in [0.15, 0.2) is 0 Å². The summed E-state index contributed by atoms with van der Waals surface area (Å²) in [6, 6.07) is 6.26. The lowest BCUT2D eigenvalue weighted by molar-refractivity contribution is -0.137. The van der Waals surface area contributed by atoms with Crippen LogP contribution in [0, 0.1) is 17.3 Å². The summed E-state index contributed by atoms with van der Waals surface area (Å²) in [5.41, 5.74) is 3.39. The second-order valence-electron chi connectivity index (χ2n) is 9.63. The molecule has 0 radical (unpaired) electrons. The van der Waals surface area contributed by atoms with E-state index >= 15 is 0 Å². The van der Waals surface area contributed by atoms with Crippen molar-refractivity contribution in [3.8, 4) is 0 Å². The van der Waals surface area contributed by atoms with Crippen molar-refractivity contribution in [2.45, 2.75) is 51.4 Å². The lowest BCUT2D eigenvalue weighted by Gasteiger charge is -2.41. The third-order valence-corrected chi connectivity index (χ3v) is 7.96. The molecule has 1 atom stereocenters. The fourth-order valence-corrected chi connectivity index (χ4v) is 5.62. The summed E-state index contributed by atoms with van der Waals surface area (Å²) in [5, 5.41) is 0. The number of hydrogen-bond donors (Lipinski definition) is 0. The number of benzene rings is 1. The minimum Gasteiger partial charge on any atom is -0.342 e. The standard InChI is InChI=1S/C25H32N2O2/c1-2-25(11-12-25)24(29)26-14-9-19(10-15-26)22-4-3-13-27(17-22)23(28)21-8-6-18-5-7-20(18)16-21/h2,6,8,16,19,22H,1,3-5,7,9-15,17H2. The molecular formula is C25H32N2O2. The maximum Gasteiger partial charge on any atom is 0.253 e. The minimum atomic E-state index is -0.238. The molecule has 2 aliphatic carbocycles. The molecule has 4 heteroatoms. The molecule has 4 nitrogen and oxygen atoms in total. The number of hydrogen-bond acceptors (Lipinski definition) is 2. The van der Waals surface area contributed by atoms with Gasteiger partial charge in [0.1, 0.15) is 0 Å². The number of fused-ring (bicyclic) bond motifs is 1. The third-order valence-electron chi connectivity index (χ3n) is 7.96. The quantitative estimate of drug-likeness (QED) is 0.731. The van der Waals surface area contributed by atoms with E-state index in [1.807, 2.05) is 12.1 Å². The Morgan fingerprint density at radius 1 is 0.966 bits per heavy atom. The van der Waals surface area contributed by atoms with Crippen molar-refractivity contribution >= 4 is 11.8 Å². The van der Waals surface area contributed by atoms with Crippen LogP contribution in [0.25, 0.3) is 0 Å². The zero-order valence-corrected chi connectivity index (χ0v) is 17.4. The van der Waals surface area contributed by atoms with Gasteiger partial charge in [-0.3, -0.25) is 9.59 Å². The number of carbonyl (C=O) groups is 2. The average molecular weight is 393 g/mol. The Morgan fingerprint density at radius 2 is 1.72 bits per heavy atom. The molecule has 0 bridgehead atoms. The van der Waals surface area contributed by atoms with Crippen molar-refractivity contribution in [2.75, 3.05) is 26.2 Å². The molecule has 0 N–H and O–H groups in total. The Morgan fingerprint density at radius 3 is 2.34 bits per heavy atom. The number of nitrogens with zero attached hydrogens (tertiary/aromatic N) is 2. The molecule has 5 rings (SSSR count). The van der Waals surface area contributed by atoms with E-state index in [-0.39, 0.29) is 11.3 Å². The number of amides is 2. The number of aryl methyl sites for hydroxylation is 2.